The number of ether oxygens (including phenoxy) is 1. The van der Waals surface area contributed by atoms with Gasteiger partial charge in [-0.1, -0.05) is 12.1 Å². The predicted molar refractivity (Wildman–Crippen MR) is 47.9 cm³/mol. The zero-order chi connectivity index (χ0) is 9.26. The van der Waals surface area contributed by atoms with Crippen LogP contribution in [0.15, 0.2) is 18.2 Å². The van der Waals surface area contributed by atoms with E-state index in [9.17, 15) is 4.39 Å². The molecule has 3 heteroatoms. The predicted octanol–water partition coefficient (Wildman–Crippen LogP) is 1.62. The van der Waals surface area contributed by atoms with Crippen molar-refractivity contribution in [1.29, 1.82) is 0 Å². The summed E-state index contributed by atoms with van der Waals surface area (Å²) in [5.74, 6) is -0.184. The summed E-state index contributed by atoms with van der Waals surface area (Å²) >= 11 is 0. The standard InChI is InChI=1S/C10H12FNO/c1-12-10-9-7(5-6-13-10)3-2-4-8(9)11/h2-4,10,12H,5-6H2,1H3. The van der Waals surface area contributed by atoms with Gasteiger partial charge in [-0.3, -0.25) is 5.32 Å². The Hall–Kier alpha value is -0.930. The lowest BCUT2D eigenvalue weighted by Gasteiger charge is -2.25. The van der Waals surface area contributed by atoms with Crippen LogP contribution in [0, 0.1) is 5.82 Å². The zero-order valence-electron chi connectivity index (χ0n) is 7.51. The molecule has 2 rings (SSSR count). The Labute approximate surface area is 76.7 Å². The van der Waals surface area contributed by atoms with E-state index < -0.39 is 0 Å². The highest BCUT2D eigenvalue weighted by molar-refractivity contribution is 5.31. The molecule has 0 saturated carbocycles. The Morgan fingerprint density at radius 1 is 1.54 bits per heavy atom. The maximum Gasteiger partial charge on any atom is 0.137 e. The Kier molecular flexibility index (Phi) is 2.29. The maximum atomic E-state index is 13.4. The lowest BCUT2D eigenvalue weighted by atomic mass is 10.0. The van der Waals surface area contributed by atoms with Gasteiger partial charge >= 0.3 is 0 Å². The van der Waals surface area contributed by atoms with Crippen LogP contribution in [0.2, 0.25) is 0 Å². The minimum Gasteiger partial charge on any atom is -0.359 e. The highest BCUT2D eigenvalue weighted by Gasteiger charge is 2.22. The van der Waals surface area contributed by atoms with Crippen LogP contribution in [0.25, 0.3) is 0 Å². The first-order chi connectivity index (χ1) is 6.33. The molecule has 1 aromatic rings. The molecule has 1 unspecified atom stereocenters. The molecule has 1 aromatic carbocycles. The van der Waals surface area contributed by atoms with Gasteiger partial charge in [-0.15, -0.1) is 0 Å². The molecule has 1 N–H and O–H groups in total. The fourth-order valence-corrected chi connectivity index (χ4v) is 1.69. The molecule has 1 aliphatic rings. The van der Waals surface area contributed by atoms with Gasteiger partial charge in [0, 0.05) is 5.56 Å². The summed E-state index contributed by atoms with van der Waals surface area (Å²) in [7, 11) is 1.77. The van der Waals surface area contributed by atoms with E-state index in [4.69, 9.17) is 4.74 Å². The first-order valence-electron chi connectivity index (χ1n) is 4.39. The molecule has 0 aromatic heterocycles. The molecule has 1 aliphatic heterocycles. The number of hydrogen-bond acceptors (Lipinski definition) is 2. The second kappa shape index (κ2) is 3.44. The maximum absolute atomic E-state index is 13.4. The average molecular weight is 181 g/mol. The molecule has 13 heavy (non-hydrogen) atoms. The van der Waals surface area contributed by atoms with Crippen molar-refractivity contribution >= 4 is 0 Å². The molecule has 0 bridgehead atoms. The van der Waals surface area contributed by atoms with Gasteiger partial charge in [0.15, 0.2) is 0 Å². The van der Waals surface area contributed by atoms with Gasteiger partial charge in [0.05, 0.1) is 6.61 Å². The van der Waals surface area contributed by atoms with E-state index in [0.717, 1.165) is 12.0 Å². The second-order valence-electron chi connectivity index (χ2n) is 3.10. The smallest absolute Gasteiger partial charge is 0.137 e. The van der Waals surface area contributed by atoms with E-state index in [1.165, 1.54) is 6.07 Å². The third-order valence-electron chi connectivity index (χ3n) is 2.32. The Balaban J connectivity index is 2.47. The van der Waals surface area contributed by atoms with Crippen LogP contribution in [0.3, 0.4) is 0 Å². The third-order valence-corrected chi connectivity index (χ3v) is 2.32. The van der Waals surface area contributed by atoms with Crippen molar-refractivity contribution in [3.05, 3.63) is 35.1 Å². The molecule has 0 radical (unpaired) electrons. The number of benzene rings is 1. The van der Waals surface area contributed by atoms with Crippen LogP contribution in [0.1, 0.15) is 17.4 Å². The minimum atomic E-state index is -0.287. The van der Waals surface area contributed by atoms with Crippen LogP contribution in [-0.4, -0.2) is 13.7 Å². The van der Waals surface area contributed by atoms with Crippen molar-refractivity contribution in [3.63, 3.8) is 0 Å². The topological polar surface area (TPSA) is 21.3 Å². The molecule has 2 nitrogen and oxygen atoms in total. The summed E-state index contributed by atoms with van der Waals surface area (Å²) in [6.45, 7) is 0.655. The molecule has 0 spiro atoms. The largest absolute Gasteiger partial charge is 0.359 e. The van der Waals surface area contributed by atoms with E-state index in [-0.39, 0.29) is 12.0 Å². The summed E-state index contributed by atoms with van der Waals surface area (Å²) in [5.41, 5.74) is 1.71. The van der Waals surface area contributed by atoms with Crippen LogP contribution in [-0.2, 0) is 11.2 Å². The monoisotopic (exact) mass is 181 g/mol. The zero-order valence-corrected chi connectivity index (χ0v) is 7.51. The second-order valence-corrected chi connectivity index (χ2v) is 3.10. The third kappa shape index (κ3) is 1.45. The van der Waals surface area contributed by atoms with Gasteiger partial charge in [-0.05, 0) is 25.1 Å². The molecular formula is C10H12FNO. The van der Waals surface area contributed by atoms with Gasteiger partial charge in [-0.2, -0.15) is 0 Å². The number of nitrogens with one attached hydrogen (secondary N) is 1. The van der Waals surface area contributed by atoms with E-state index in [0.29, 0.717) is 12.2 Å². The molecule has 1 heterocycles. The Morgan fingerprint density at radius 2 is 2.38 bits per heavy atom. The SMILES string of the molecule is CNC1OCCc2cccc(F)c21. The van der Waals surface area contributed by atoms with Crippen molar-refractivity contribution in [1.82, 2.24) is 5.32 Å². The quantitative estimate of drug-likeness (QED) is 0.710. The van der Waals surface area contributed by atoms with E-state index in [1.807, 2.05) is 6.07 Å². The molecule has 1 atom stereocenters. The van der Waals surface area contributed by atoms with Crippen molar-refractivity contribution in [2.75, 3.05) is 13.7 Å². The fraction of sp³-hybridized carbons (Fsp3) is 0.400. The lowest BCUT2D eigenvalue weighted by Crippen LogP contribution is -2.27. The summed E-state index contributed by atoms with van der Waals surface area (Å²) < 4.78 is 18.8. The Morgan fingerprint density at radius 3 is 3.15 bits per heavy atom. The van der Waals surface area contributed by atoms with Crippen LogP contribution < -0.4 is 5.32 Å². The van der Waals surface area contributed by atoms with Gasteiger partial charge in [-0.25, -0.2) is 4.39 Å². The molecule has 0 fully saturated rings. The lowest BCUT2D eigenvalue weighted by molar-refractivity contribution is 0.0212. The number of hydrogen-bond donors (Lipinski definition) is 1. The van der Waals surface area contributed by atoms with E-state index in [2.05, 4.69) is 5.32 Å². The van der Waals surface area contributed by atoms with Gasteiger partial charge < -0.3 is 4.74 Å². The summed E-state index contributed by atoms with van der Waals surface area (Å²) in [5, 5.41) is 2.94. The van der Waals surface area contributed by atoms with Gasteiger partial charge in [0.2, 0.25) is 0 Å². The minimum absolute atomic E-state index is 0.184. The normalized spacial score (nSPS) is 21.2. The highest BCUT2D eigenvalue weighted by atomic mass is 19.1. The molecule has 70 valence electrons. The molecule has 0 aliphatic carbocycles. The van der Waals surface area contributed by atoms with Crippen LogP contribution in [0.5, 0.6) is 0 Å². The van der Waals surface area contributed by atoms with Crippen molar-refractivity contribution in [3.8, 4) is 0 Å². The van der Waals surface area contributed by atoms with Crippen LogP contribution >= 0.6 is 0 Å². The van der Waals surface area contributed by atoms with E-state index >= 15 is 0 Å². The number of rotatable bonds is 1. The fourth-order valence-electron chi connectivity index (χ4n) is 1.69. The first kappa shape index (κ1) is 8.66. The summed E-state index contributed by atoms with van der Waals surface area (Å²) in [6, 6.07) is 5.16. The highest BCUT2D eigenvalue weighted by Crippen LogP contribution is 2.26. The Bertz CT molecular complexity index is 314. The molecule has 0 saturated heterocycles. The van der Waals surface area contributed by atoms with Gasteiger partial charge in [0.1, 0.15) is 12.0 Å². The van der Waals surface area contributed by atoms with Crippen molar-refractivity contribution in [2.45, 2.75) is 12.6 Å². The van der Waals surface area contributed by atoms with Crippen molar-refractivity contribution in [2.24, 2.45) is 0 Å². The molecule has 0 amide bonds. The molecular weight excluding hydrogens is 169 g/mol. The van der Waals surface area contributed by atoms with E-state index in [1.54, 1.807) is 13.1 Å². The summed E-state index contributed by atoms with van der Waals surface area (Å²) in [4.78, 5) is 0. The number of halogens is 1. The van der Waals surface area contributed by atoms with Crippen molar-refractivity contribution < 1.29 is 9.13 Å². The summed E-state index contributed by atoms with van der Waals surface area (Å²) in [6.07, 6.45) is 0.510. The van der Waals surface area contributed by atoms with Gasteiger partial charge in [0.25, 0.3) is 0 Å². The average Bonchev–Trinajstić information content (AvgIpc) is 2.17. The first-order valence-corrected chi connectivity index (χ1v) is 4.39. The number of fused-ring (bicyclic) bond motifs is 1. The van der Waals surface area contributed by atoms with Crippen LogP contribution in [0.4, 0.5) is 4.39 Å².